The fraction of sp³-hybridized carbons (Fsp3) is 0.0500. The first-order valence-corrected chi connectivity index (χ1v) is 8.16. The average Bonchev–Trinajstić information content (AvgIpc) is 3.17. The van der Waals surface area contributed by atoms with Crippen molar-refractivity contribution < 1.29 is 14.3 Å². The van der Waals surface area contributed by atoms with Crippen molar-refractivity contribution in [3.8, 4) is 17.6 Å². The van der Waals surface area contributed by atoms with E-state index in [0.29, 0.717) is 39.8 Å². The van der Waals surface area contributed by atoms with Gasteiger partial charge in [0.05, 0.1) is 23.1 Å². The molecule has 27 heavy (non-hydrogen) atoms. The van der Waals surface area contributed by atoms with Crippen LogP contribution < -0.4 is 20.1 Å². The molecule has 1 aliphatic heterocycles. The smallest absolute Gasteiger partial charge is 0.255 e. The van der Waals surface area contributed by atoms with Crippen molar-refractivity contribution in [3.63, 3.8) is 0 Å². The van der Waals surface area contributed by atoms with Crippen LogP contribution in [-0.4, -0.2) is 17.7 Å². The van der Waals surface area contributed by atoms with E-state index in [1.54, 1.807) is 54.7 Å². The summed E-state index contributed by atoms with van der Waals surface area (Å²) >= 11 is 0. The molecule has 0 unspecified atom stereocenters. The second kappa shape index (κ2) is 7.06. The topological polar surface area (TPSA) is 96.3 Å². The van der Waals surface area contributed by atoms with E-state index >= 15 is 0 Å². The summed E-state index contributed by atoms with van der Waals surface area (Å²) in [4.78, 5) is 16.7. The molecule has 0 radical (unpaired) electrons. The van der Waals surface area contributed by atoms with E-state index in [2.05, 4.69) is 21.7 Å². The van der Waals surface area contributed by atoms with Crippen LogP contribution in [0.1, 0.15) is 15.9 Å². The lowest BCUT2D eigenvalue weighted by atomic mass is 10.2. The Kier molecular flexibility index (Phi) is 4.29. The third kappa shape index (κ3) is 3.50. The number of fused-ring (bicyclic) bond motifs is 1. The number of amides is 1. The van der Waals surface area contributed by atoms with Gasteiger partial charge in [-0.3, -0.25) is 4.79 Å². The van der Waals surface area contributed by atoms with Crippen molar-refractivity contribution in [2.24, 2.45) is 0 Å². The highest BCUT2D eigenvalue weighted by atomic mass is 16.7. The normalized spacial score (nSPS) is 11.5. The molecule has 1 aliphatic rings. The molecular formula is C20H14N4O3. The monoisotopic (exact) mass is 358 g/mol. The van der Waals surface area contributed by atoms with E-state index < -0.39 is 0 Å². The summed E-state index contributed by atoms with van der Waals surface area (Å²) in [6.07, 6.45) is 1.54. The van der Waals surface area contributed by atoms with E-state index in [9.17, 15) is 4.79 Å². The number of anilines is 3. The molecule has 1 amide bonds. The van der Waals surface area contributed by atoms with Gasteiger partial charge < -0.3 is 20.1 Å². The van der Waals surface area contributed by atoms with Crippen molar-refractivity contribution in [1.82, 2.24) is 4.98 Å². The number of pyridine rings is 1. The zero-order valence-electron chi connectivity index (χ0n) is 14.1. The van der Waals surface area contributed by atoms with Crippen LogP contribution in [0.25, 0.3) is 0 Å². The lowest BCUT2D eigenvalue weighted by Crippen LogP contribution is -2.12. The van der Waals surface area contributed by atoms with Gasteiger partial charge in [-0.25, -0.2) is 4.98 Å². The number of para-hydroxylation sites is 1. The Hall–Kier alpha value is -4.05. The summed E-state index contributed by atoms with van der Waals surface area (Å²) in [5, 5.41) is 15.0. The van der Waals surface area contributed by atoms with E-state index in [4.69, 9.17) is 14.7 Å². The van der Waals surface area contributed by atoms with Gasteiger partial charge in [-0.05, 0) is 42.5 Å². The summed E-state index contributed by atoms with van der Waals surface area (Å²) in [5.41, 5.74) is 2.21. The molecule has 0 saturated heterocycles. The summed E-state index contributed by atoms with van der Waals surface area (Å²) in [6.45, 7) is 0.160. The number of carbonyl (C=O) groups is 1. The highest BCUT2D eigenvalue weighted by molar-refractivity contribution is 6.04. The zero-order valence-corrected chi connectivity index (χ0v) is 14.1. The van der Waals surface area contributed by atoms with Gasteiger partial charge in [0, 0.05) is 5.56 Å². The lowest BCUT2D eigenvalue weighted by molar-refractivity contribution is 0.102. The maximum absolute atomic E-state index is 12.4. The van der Waals surface area contributed by atoms with Crippen molar-refractivity contribution >= 4 is 23.1 Å². The number of nitrogens with one attached hydrogen (secondary N) is 2. The number of nitrogens with zero attached hydrogens (tertiary/aromatic N) is 2. The van der Waals surface area contributed by atoms with E-state index in [1.165, 1.54) is 0 Å². The van der Waals surface area contributed by atoms with Crippen LogP contribution in [0.5, 0.6) is 11.5 Å². The Bertz CT molecular complexity index is 1040. The molecule has 0 fully saturated rings. The van der Waals surface area contributed by atoms with Crippen molar-refractivity contribution in [1.29, 1.82) is 5.26 Å². The molecular weight excluding hydrogens is 344 g/mol. The summed E-state index contributed by atoms with van der Waals surface area (Å²) in [7, 11) is 0. The van der Waals surface area contributed by atoms with Gasteiger partial charge in [-0.2, -0.15) is 5.26 Å². The molecule has 4 rings (SSSR count). The van der Waals surface area contributed by atoms with Crippen LogP contribution in [0, 0.1) is 11.3 Å². The Labute approximate surface area is 155 Å². The van der Waals surface area contributed by atoms with Crippen LogP contribution in [0.4, 0.5) is 17.2 Å². The molecule has 132 valence electrons. The lowest BCUT2D eigenvalue weighted by Gasteiger charge is -2.09. The fourth-order valence-corrected chi connectivity index (χ4v) is 2.61. The number of carbonyl (C=O) groups excluding carboxylic acids is 1. The number of nitriles is 1. The molecule has 0 saturated carbocycles. The Morgan fingerprint density at radius 1 is 1.07 bits per heavy atom. The minimum atomic E-state index is -0.273. The number of hydrogen-bond acceptors (Lipinski definition) is 6. The number of hydrogen-bond donors (Lipinski definition) is 2. The first kappa shape index (κ1) is 16.4. The molecule has 3 aromatic rings. The van der Waals surface area contributed by atoms with Crippen LogP contribution in [0.2, 0.25) is 0 Å². The number of aromatic nitrogens is 1. The average molecular weight is 358 g/mol. The van der Waals surface area contributed by atoms with Crippen LogP contribution in [0.15, 0.2) is 60.8 Å². The van der Waals surface area contributed by atoms with Gasteiger partial charge in [0.15, 0.2) is 11.5 Å². The van der Waals surface area contributed by atoms with Gasteiger partial charge in [-0.15, -0.1) is 0 Å². The first-order chi connectivity index (χ1) is 13.2. The van der Waals surface area contributed by atoms with E-state index in [0.717, 1.165) is 0 Å². The molecule has 7 nitrogen and oxygen atoms in total. The predicted octanol–water partition coefficient (Wildman–Crippen LogP) is 3.68. The second-order valence-corrected chi connectivity index (χ2v) is 5.74. The molecule has 0 bridgehead atoms. The molecule has 7 heteroatoms. The van der Waals surface area contributed by atoms with Gasteiger partial charge in [0.25, 0.3) is 5.91 Å². The Morgan fingerprint density at radius 3 is 2.74 bits per heavy atom. The van der Waals surface area contributed by atoms with E-state index in [1.807, 2.05) is 6.07 Å². The van der Waals surface area contributed by atoms with Gasteiger partial charge in [-0.1, -0.05) is 12.1 Å². The minimum absolute atomic E-state index is 0.160. The quantitative estimate of drug-likeness (QED) is 0.738. The third-order valence-corrected chi connectivity index (χ3v) is 3.97. The molecule has 0 atom stereocenters. The van der Waals surface area contributed by atoms with Crippen LogP contribution in [-0.2, 0) is 0 Å². The highest BCUT2D eigenvalue weighted by Crippen LogP contribution is 2.32. The standard InChI is InChI=1S/C20H14N4O3/c21-10-14-3-1-2-4-16(14)24-19-8-6-15(11-22-19)23-20(25)13-5-7-17-18(9-13)27-12-26-17/h1-9,11H,12H2,(H,22,24)(H,23,25). The first-order valence-electron chi connectivity index (χ1n) is 8.16. The summed E-state index contributed by atoms with van der Waals surface area (Å²) in [5.74, 6) is 1.47. The van der Waals surface area contributed by atoms with Crippen molar-refractivity contribution in [3.05, 3.63) is 71.9 Å². The van der Waals surface area contributed by atoms with Crippen LogP contribution >= 0.6 is 0 Å². The SMILES string of the molecule is N#Cc1ccccc1Nc1ccc(NC(=O)c2ccc3c(c2)OCO3)cn1. The highest BCUT2D eigenvalue weighted by Gasteiger charge is 2.16. The number of rotatable bonds is 4. The summed E-state index contributed by atoms with van der Waals surface area (Å²) < 4.78 is 10.5. The van der Waals surface area contributed by atoms with Gasteiger partial charge in [0.2, 0.25) is 6.79 Å². The Morgan fingerprint density at radius 2 is 1.93 bits per heavy atom. The molecule has 2 N–H and O–H groups in total. The zero-order chi connectivity index (χ0) is 18.6. The van der Waals surface area contributed by atoms with E-state index in [-0.39, 0.29) is 12.7 Å². The largest absolute Gasteiger partial charge is 0.454 e. The van der Waals surface area contributed by atoms with Crippen molar-refractivity contribution in [2.45, 2.75) is 0 Å². The van der Waals surface area contributed by atoms with Crippen molar-refractivity contribution in [2.75, 3.05) is 17.4 Å². The number of benzene rings is 2. The third-order valence-electron chi connectivity index (χ3n) is 3.97. The maximum atomic E-state index is 12.4. The van der Waals surface area contributed by atoms with Gasteiger partial charge in [0.1, 0.15) is 11.9 Å². The van der Waals surface area contributed by atoms with Gasteiger partial charge >= 0.3 is 0 Å². The second-order valence-electron chi connectivity index (χ2n) is 5.74. The molecule has 2 heterocycles. The number of ether oxygens (including phenoxy) is 2. The predicted molar refractivity (Wildman–Crippen MR) is 99.2 cm³/mol. The molecule has 0 aliphatic carbocycles. The summed E-state index contributed by atoms with van der Waals surface area (Å²) in [6, 6.07) is 17.8. The van der Waals surface area contributed by atoms with Crippen LogP contribution in [0.3, 0.4) is 0 Å². The molecule has 1 aromatic heterocycles. The minimum Gasteiger partial charge on any atom is -0.454 e. The molecule has 2 aromatic carbocycles. The fourth-order valence-electron chi connectivity index (χ4n) is 2.61. The molecule has 0 spiro atoms. The Balaban J connectivity index is 1.45. The maximum Gasteiger partial charge on any atom is 0.255 e.